The van der Waals surface area contributed by atoms with Crippen molar-refractivity contribution in [3.05, 3.63) is 53.1 Å². The monoisotopic (exact) mass is 426 g/mol. The van der Waals surface area contributed by atoms with Crippen LogP contribution in [0.3, 0.4) is 0 Å². The van der Waals surface area contributed by atoms with Crippen LogP contribution in [0.4, 0.5) is 0 Å². The van der Waals surface area contributed by atoms with Gasteiger partial charge in [-0.15, -0.1) is 0 Å². The van der Waals surface area contributed by atoms with Gasteiger partial charge >= 0.3 is 0 Å². The molecule has 1 heterocycles. The number of hydrogen-bond donors (Lipinski definition) is 3. The summed E-state index contributed by atoms with van der Waals surface area (Å²) in [5, 5.41) is 15.5. The van der Waals surface area contributed by atoms with Crippen LogP contribution in [-0.4, -0.2) is 62.3 Å². The van der Waals surface area contributed by atoms with Crippen molar-refractivity contribution in [2.24, 2.45) is 4.99 Å². The van der Waals surface area contributed by atoms with Gasteiger partial charge in [-0.2, -0.15) is 0 Å². The fourth-order valence-electron chi connectivity index (χ4n) is 3.54. The molecule has 3 N–H and O–H groups in total. The third kappa shape index (κ3) is 5.59. The summed E-state index contributed by atoms with van der Waals surface area (Å²) in [7, 11) is 3.29. The molecule has 3 rings (SSSR count). The van der Waals surface area contributed by atoms with Crippen molar-refractivity contribution in [2.75, 3.05) is 40.4 Å². The molecule has 0 atom stereocenters. The Morgan fingerprint density at radius 1 is 1.10 bits per heavy atom. The Bertz CT molecular complexity index is 928. The summed E-state index contributed by atoms with van der Waals surface area (Å²) in [4.78, 5) is 19.1. The average molecular weight is 427 g/mol. The number of fused-ring (bicyclic) bond motifs is 1. The number of carbonyl (C=O) groups excluding carboxylic acids is 1. The van der Waals surface area contributed by atoms with Gasteiger partial charge in [0.25, 0.3) is 5.91 Å². The van der Waals surface area contributed by atoms with E-state index >= 15 is 0 Å². The SMILES string of the molecule is CCNC(=NCCNC(=O)c1ccc(O)cc1)N1CCc2cc(OC)c(OC)cc2C1. The summed E-state index contributed by atoms with van der Waals surface area (Å²) in [5.41, 5.74) is 2.95. The smallest absolute Gasteiger partial charge is 0.251 e. The van der Waals surface area contributed by atoms with Gasteiger partial charge in [-0.1, -0.05) is 0 Å². The highest BCUT2D eigenvalue weighted by Gasteiger charge is 2.21. The average Bonchev–Trinajstić information content (AvgIpc) is 2.80. The van der Waals surface area contributed by atoms with Crippen LogP contribution in [0.2, 0.25) is 0 Å². The molecule has 2 aromatic rings. The Labute approximate surface area is 182 Å². The van der Waals surface area contributed by atoms with E-state index in [-0.39, 0.29) is 11.7 Å². The van der Waals surface area contributed by atoms with Crippen LogP contribution in [0.15, 0.2) is 41.4 Å². The summed E-state index contributed by atoms with van der Waals surface area (Å²) < 4.78 is 10.9. The predicted octanol–water partition coefficient (Wildman–Crippen LogP) is 2.16. The van der Waals surface area contributed by atoms with E-state index in [0.29, 0.717) is 18.7 Å². The van der Waals surface area contributed by atoms with Crippen LogP contribution in [-0.2, 0) is 13.0 Å². The normalized spacial score (nSPS) is 13.4. The van der Waals surface area contributed by atoms with E-state index in [1.165, 1.54) is 23.3 Å². The number of guanidine groups is 1. The van der Waals surface area contributed by atoms with Crippen molar-refractivity contribution in [1.82, 2.24) is 15.5 Å². The first-order chi connectivity index (χ1) is 15.0. The van der Waals surface area contributed by atoms with E-state index in [2.05, 4.69) is 26.6 Å². The standard InChI is InChI=1S/C23H30N4O4/c1-4-24-23(26-11-10-25-22(29)16-5-7-19(28)8-6-16)27-12-9-17-13-20(30-2)21(31-3)14-18(17)15-27/h5-8,13-14,28H,4,9-12,15H2,1-3H3,(H,24,26)(H,25,29). The molecule has 0 unspecified atom stereocenters. The van der Waals surface area contributed by atoms with E-state index in [9.17, 15) is 9.90 Å². The van der Waals surface area contributed by atoms with Gasteiger partial charge in [0.2, 0.25) is 0 Å². The van der Waals surface area contributed by atoms with Crippen LogP contribution >= 0.6 is 0 Å². The zero-order valence-corrected chi connectivity index (χ0v) is 18.3. The van der Waals surface area contributed by atoms with Crippen molar-refractivity contribution in [3.63, 3.8) is 0 Å². The first-order valence-corrected chi connectivity index (χ1v) is 10.4. The van der Waals surface area contributed by atoms with Gasteiger partial charge in [-0.3, -0.25) is 9.79 Å². The van der Waals surface area contributed by atoms with Gasteiger partial charge < -0.3 is 30.1 Å². The van der Waals surface area contributed by atoms with E-state index in [0.717, 1.165) is 43.5 Å². The highest BCUT2D eigenvalue weighted by Crippen LogP contribution is 2.33. The number of benzene rings is 2. The highest BCUT2D eigenvalue weighted by molar-refractivity contribution is 5.94. The zero-order valence-electron chi connectivity index (χ0n) is 18.3. The third-order valence-corrected chi connectivity index (χ3v) is 5.14. The van der Waals surface area contributed by atoms with Crippen molar-refractivity contribution in [2.45, 2.75) is 19.9 Å². The molecule has 0 bridgehead atoms. The third-order valence-electron chi connectivity index (χ3n) is 5.14. The number of nitrogens with zero attached hydrogens (tertiary/aromatic N) is 2. The highest BCUT2D eigenvalue weighted by atomic mass is 16.5. The van der Waals surface area contributed by atoms with Crippen molar-refractivity contribution in [3.8, 4) is 17.2 Å². The van der Waals surface area contributed by atoms with Gasteiger partial charge in [0.05, 0.1) is 20.8 Å². The lowest BCUT2D eigenvalue weighted by Gasteiger charge is -2.32. The molecule has 0 radical (unpaired) electrons. The maximum atomic E-state index is 12.2. The summed E-state index contributed by atoms with van der Waals surface area (Å²) in [6.07, 6.45) is 0.887. The van der Waals surface area contributed by atoms with Gasteiger partial charge in [0, 0.05) is 31.7 Å². The van der Waals surface area contributed by atoms with Crippen molar-refractivity contribution >= 4 is 11.9 Å². The number of amides is 1. The molecule has 0 saturated carbocycles. The van der Waals surface area contributed by atoms with Crippen LogP contribution in [0.5, 0.6) is 17.2 Å². The molecule has 0 fully saturated rings. The number of nitrogens with one attached hydrogen (secondary N) is 2. The first kappa shape index (κ1) is 22.3. The molecule has 8 heteroatoms. The Hall–Kier alpha value is -3.42. The molecule has 0 saturated heterocycles. The molecule has 1 amide bonds. The summed E-state index contributed by atoms with van der Waals surface area (Å²) in [6.45, 7) is 5.24. The van der Waals surface area contributed by atoms with Crippen LogP contribution in [0.25, 0.3) is 0 Å². The lowest BCUT2D eigenvalue weighted by atomic mass is 9.99. The number of rotatable bonds is 7. The predicted molar refractivity (Wildman–Crippen MR) is 120 cm³/mol. The fourth-order valence-corrected chi connectivity index (χ4v) is 3.54. The summed E-state index contributed by atoms with van der Waals surface area (Å²) >= 11 is 0. The Morgan fingerprint density at radius 3 is 2.42 bits per heavy atom. The summed E-state index contributed by atoms with van der Waals surface area (Å²) in [6, 6.07) is 10.2. The molecule has 166 valence electrons. The Kier molecular flexibility index (Phi) is 7.59. The largest absolute Gasteiger partial charge is 0.508 e. The second kappa shape index (κ2) is 10.6. The summed E-state index contributed by atoms with van der Waals surface area (Å²) in [5.74, 6) is 2.24. The van der Waals surface area contributed by atoms with Crippen LogP contribution in [0, 0.1) is 0 Å². The number of ether oxygens (including phenoxy) is 2. The molecular formula is C23H30N4O4. The zero-order chi connectivity index (χ0) is 22.2. The van der Waals surface area contributed by atoms with Crippen LogP contribution < -0.4 is 20.1 Å². The first-order valence-electron chi connectivity index (χ1n) is 10.4. The lowest BCUT2D eigenvalue weighted by Crippen LogP contribution is -2.44. The van der Waals surface area contributed by atoms with E-state index in [1.54, 1.807) is 26.4 Å². The maximum absolute atomic E-state index is 12.2. The molecule has 1 aliphatic heterocycles. The number of methoxy groups -OCH3 is 2. The lowest BCUT2D eigenvalue weighted by molar-refractivity contribution is 0.0954. The quantitative estimate of drug-likeness (QED) is 0.357. The van der Waals surface area contributed by atoms with E-state index in [4.69, 9.17) is 9.47 Å². The molecule has 31 heavy (non-hydrogen) atoms. The van der Waals surface area contributed by atoms with Crippen molar-refractivity contribution < 1.29 is 19.4 Å². The molecule has 0 aromatic heterocycles. The van der Waals surface area contributed by atoms with Gasteiger partial charge in [-0.25, -0.2) is 0 Å². The van der Waals surface area contributed by atoms with E-state index < -0.39 is 0 Å². The van der Waals surface area contributed by atoms with E-state index in [1.807, 2.05) is 13.0 Å². The molecule has 8 nitrogen and oxygen atoms in total. The molecule has 2 aromatic carbocycles. The van der Waals surface area contributed by atoms with Gasteiger partial charge in [0.1, 0.15) is 5.75 Å². The second-order valence-corrected chi connectivity index (χ2v) is 7.19. The van der Waals surface area contributed by atoms with Gasteiger partial charge in [0.15, 0.2) is 17.5 Å². The number of hydrogen-bond acceptors (Lipinski definition) is 5. The van der Waals surface area contributed by atoms with Crippen LogP contribution in [0.1, 0.15) is 28.4 Å². The number of aliphatic imine (C=N–C) groups is 1. The number of phenols is 1. The number of aromatic hydroxyl groups is 1. The fraction of sp³-hybridized carbons (Fsp3) is 0.391. The minimum Gasteiger partial charge on any atom is -0.508 e. The minimum atomic E-state index is -0.187. The second-order valence-electron chi connectivity index (χ2n) is 7.19. The molecule has 1 aliphatic rings. The molecule has 0 spiro atoms. The molecular weight excluding hydrogens is 396 g/mol. The number of phenolic OH excluding ortho intramolecular Hbond substituents is 1. The number of carbonyl (C=O) groups is 1. The molecule has 0 aliphatic carbocycles. The Balaban J connectivity index is 1.62. The maximum Gasteiger partial charge on any atom is 0.251 e. The topological polar surface area (TPSA) is 95.4 Å². The van der Waals surface area contributed by atoms with Gasteiger partial charge in [-0.05, 0) is 60.9 Å². The Morgan fingerprint density at radius 2 is 1.77 bits per heavy atom. The van der Waals surface area contributed by atoms with Crippen molar-refractivity contribution in [1.29, 1.82) is 0 Å². The minimum absolute atomic E-state index is 0.135.